The Bertz CT molecular complexity index is 468. The molecule has 0 radical (unpaired) electrons. The maximum Gasteiger partial charge on any atom is 0.235 e. The standard InChI is InChI=1S/C9H7N3O/c13-6-10-4-7-2-1-3-8-9(7)12-5-11-8/h1-3,5H,4H2,(H,11,12). The molecule has 13 heavy (non-hydrogen) atoms. The van der Waals surface area contributed by atoms with Crippen molar-refractivity contribution in [3.8, 4) is 0 Å². The number of imidazole rings is 1. The number of isocyanates is 1. The van der Waals surface area contributed by atoms with Crippen molar-refractivity contribution in [2.45, 2.75) is 6.54 Å². The van der Waals surface area contributed by atoms with Gasteiger partial charge in [-0.1, -0.05) is 12.1 Å². The van der Waals surface area contributed by atoms with Gasteiger partial charge in [0.25, 0.3) is 0 Å². The van der Waals surface area contributed by atoms with Gasteiger partial charge in [0.15, 0.2) is 0 Å². The first kappa shape index (κ1) is 7.71. The van der Waals surface area contributed by atoms with E-state index in [2.05, 4.69) is 15.0 Å². The monoisotopic (exact) mass is 173 g/mol. The number of aromatic amines is 1. The highest BCUT2D eigenvalue weighted by atomic mass is 16.1. The Balaban J connectivity index is 2.54. The van der Waals surface area contributed by atoms with Crippen molar-refractivity contribution in [2.75, 3.05) is 0 Å². The third kappa shape index (κ3) is 1.35. The van der Waals surface area contributed by atoms with Crippen LogP contribution in [-0.4, -0.2) is 16.0 Å². The summed E-state index contributed by atoms with van der Waals surface area (Å²) in [6, 6.07) is 5.72. The molecule has 4 heteroatoms. The normalized spacial score (nSPS) is 9.85. The first-order valence-electron chi connectivity index (χ1n) is 3.86. The molecule has 2 aromatic rings. The lowest BCUT2D eigenvalue weighted by Crippen LogP contribution is -1.83. The van der Waals surface area contributed by atoms with Crippen LogP contribution >= 0.6 is 0 Å². The Morgan fingerprint density at radius 1 is 1.54 bits per heavy atom. The first-order chi connectivity index (χ1) is 6.42. The summed E-state index contributed by atoms with van der Waals surface area (Å²) in [5.74, 6) is 0. The fraction of sp³-hybridized carbons (Fsp3) is 0.111. The van der Waals surface area contributed by atoms with E-state index < -0.39 is 0 Å². The molecule has 1 heterocycles. The van der Waals surface area contributed by atoms with Crippen LogP contribution in [0.2, 0.25) is 0 Å². The Hall–Kier alpha value is -1.93. The van der Waals surface area contributed by atoms with E-state index >= 15 is 0 Å². The Morgan fingerprint density at radius 3 is 3.31 bits per heavy atom. The molecule has 1 aromatic carbocycles. The lowest BCUT2D eigenvalue weighted by molar-refractivity contribution is 0.563. The van der Waals surface area contributed by atoms with E-state index in [0.29, 0.717) is 6.54 Å². The average Bonchev–Trinajstić information content (AvgIpc) is 2.62. The molecular formula is C9H7N3O. The summed E-state index contributed by atoms with van der Waals surface area (Å²) in [4.78, 5) is 20.6. The second kappa shape index (κ2) is 3.21. The molecule has 0 spiro atoms. The molecule has 64 valence electrons. The fourth-order valence-electron chi connectivity index (χ4n) is 1.27. The molecule has 0 saturated carbocycles. The minimum atomic E-state index is 0.339. The molecule has 0 bridgehead atoms. The molecule has 2 rings (SSSR count). The number of rotatable bonds is 2. The van der Waals surface area contributed by atoms with Crippen LogP contribution in [0.15, 0.2) is 29.5 Å². The number of fused-ring (bicyclic) bond motifs is 1. The van der Waals surface area contributed by atoms with Gasteiger partial charge in [-0.15, -0.1) is 0 Å². The van der Waals surface area contributed by atoms with E-state index in [0.717, 1.165) is 16.6 Å². The van der Waals surface area contributed by atoms with Gasteiger partial charge in [0.2, 0.25) is 6.08 Å². The van der Waals surface area contributed by atoms with E-state index in [1.54, 1.807) is 6.33 Å². The van der Waals surface area contributed by atoms with Crippen LogP contribution in [0.4, 0.5) is 0 Å². The highest BCUT2D eigenvalue weighted by Crippen LogP contribution is 2.14. The molecular weight excluding hydrogens is 166 g/mol. The molecule has 0 saturated heterocycles. The number of aliphatic imine (C=N–C) groups is 1. The van der Waals surface area contributed by atoms with Crippen LogP contribution < -0.4 is 0 Å². The maximum absolute atomic E-state index is 9.93. The van der Waals surface area contributed by atoms with E-state index in [-0.39, 0.29) is 0 Å². The van der Waals surface area contributed by atoms with Crippen LogP contribution in [0.5, 0.6) is 0 Å². The molecule has 4 nitrogen and oxygen atoms in total. The minimum absolute atomic E-state index is 0.339. The van der Waals surface area contributed by atoms with Crippen molar-refractivity contribution in [3.63, 3.8) is 0 Å². The number of hydrogen-bond acceptors (Lipinski definition) is 3. The number of para-hydroxylation sites is 1. The number of aromatic nitrogens is 2. The highest BCUT2D eigenvalue weighted by Gasteiger charge is 2.00. The number of nitrogens with one attached hydrogen (secondary N) is 1. The van der Waals surface area contributed by atoms with E-state index in [9.17, 15) is 4.79 Å². The molecule has 0 atom stereocenters. The number of carbonyl (C=O) groups excluding carboxylic acids is 1. The quantitative estimate of drug-likeness (QED) is 0.551. The van der Waals surface area contributed by atoms with Crippen molar-refractivity contribution >= 4 is 17.1 Å². The van der Waals surface area contributed by atoms with Gasteiger partial charge in [-0.3, -0.25) is 0 Å². The van der Waals surface area contributed by atoms with Crippen molar-refractivity contribution in [2.24, 2.45) is 4.99 Å². The first-order valence-corrected chi connectivity index (χ1v) is 3.86. The summed E-state index contributed by atoms with van der Waals surface area (Å²) in [5.41, 5.74) is 2.75. The molecule has 0 aliphatic heterocycles. The molecule has 0 aliphatic rings. The van der Waals surface area contributed by atoms with E-state index in [1.807, 2.05) is 18.2 Å². The third-order valence-electron chi connectivity index (χ3n) is 1.85. The van der Waals surface area contributed by atoms with Crippen molar-refractivity contribution in [1.29, 1.82) is 0 Å². The number of nitrogens with zero attached hydrogens (tertiary/aromatic N) is 2. The summed E-state index contributed by atoms with van der Waals surface area (Å²) in [6.45, 7) is 0.339. The van der Waals surface area contributed by atoms with Crippen LogP contribution in [0.1, 0.15) is 5.56 Å². The summed E-state index contributed by atoms with van der Waals surface area (Å²) < 4.78 is 0. The van der Waals surface area contributed by atoms with Gasteiger partial charge < -0.3 is 4.98 Å². The Kier molecular flexibility index (Phi) is 1.90. The highest BCUT2D eigenvalue weighted by molar-refractivity contribution is 5.78. The second-order valence-electron chi connectivity index (χ2n) is 2.62. The van der Waals surface area contributed by atoms with Gasteiger partial charge in [0.05, 0.1) is 23.9 Å². The van der Waals surface area contributed by atoms with Crippen LogP contribution in [0.25, 0.3) is 11.0 Å². The number of benzene rings is 1. The smallest absolute Gasteiger partial charge is 0.235 e. The summed E-state index contributed by atoms with van der Waals surface area (Å²) in [6.07, 6.45) is 3.13. The Labute approximate surface area is 74.3 Å². The third-order valence-corrected chi connectivity index (χ3v) is 1.85. The molecule has 0 fully saturated rings. The molecule has 0 amide bonds. The van der Waals surface area contributed by atoms with Gasteiger partial charge in [0.1, 0.15) is 0 Å². The van der Waals surface area contributed by atoms with Crippen LogP contribution in [-0.2, 0) is 11.3 Å². The van der Waals surface area contributed by atoms with Gasteiger partial charge >= 0.3 is 0 Å². The van der Waals surface area contributed by atoms with Crippen LogP contribution in [0, 0.1) is 0 Å². The summed E-state index contributed by atoms with van der Waals surface area (Å²) in [7, 11) is 0. The maximum atomic E-state index is 9.93. The number of H-pyrrole nitrogens is 1. The zero-order valence-electron chi connectivity index (χ0n) is 6.82. The zero-order valence-corrected chi connectivity index (χ0v) is 6.82. The van der Waals surface area contributed by atoms with Gasteiger partial charge in [-0.25, -0.2) is 14.8 Å². The molecule has 1 aromatic heterocycles. The molecule has 0 aliphatic carbocycles. The SMILES string of the molecule is O=C=NCc1cccc2[nH]cnc12. The summed E-state index contributed by atoms with van der Waals surface area (Å²) >= 11 is 0. The Morgan fingerprint density at radius 2 is 2.46 bits per heavy atom. The lowest BCUT2D eigenvalue weighted by Gasteiger charge is -1.95. The van der Waals surface area contributed by atoms with Gasteiger partial charge in [0, 0.05) is 5.56 Å². The lowest BCUT2D eigenvalue weighted by atomic mass is 10.2. The largest absolute Gasteiger partial charge is 0.345 e. The van der Waals surface area contributed by atoms with Gasteiger partial charge in [-0.05, 0) is 6.07 Å². The van der Waals surface area contributed by atoms with Crippen molar-refractivity contribution in [1.82, 2.24) is 9.97 Å². The molecule has 1 N–H and O–H groups in total. The second-order valence-corrected chi connectivity index (χ2v) is 2.62. The van der Waals surface area contributed by atoms with E-state index in [1.165, 1.54) is 6.08 Å². The van der Waals surface area contributed by atoms with Crippen molar-refractivity contribution in [3.05, 3.63) is 30.1 Å². The predicted molar refractivity (Wildman–Crippen MR) is 47.9 cm³/mol. The summed E-state index contributed by atoms with van der Waals surface area (Å²) in [5, 5.41) is 0. The van der Waals surface area contributed by atoms with Crippen LogP contribution in [0.3, 0.4) is 0 Å². The fourth-order valence-corrected chi connectivity index (χ4v) is 1.27. The topological polar surface area (TPSA) is 58.1 Å². The van der Waals surface area contributed by atoms with Crippen molar-refractivity contribution < 1.29 is 4.79 Å². The van der Waals surface area contributed by atoms with E-state index in [4.69, 9.17) is 0 Å². The minimum Gasteiger partial charge on any atom is -0.345 e. The number of hydrogen-bond donors (Lipinski definition) is 1. The zero-order chi connectivity index (χ0) is 9.10. The van der Waals surface area contributed by atoms with Gasteiger partial charge in [-0.2, -0.15) is 0 Å². The average molecular weight is 173 g/mol. The molecule has 0 unspecified atom stereocenters. The predicted octanol–water partition coefficient (Wildman–Crippen LogP) is 1.40.